The van der Waals surface area contributed by atoms with E-state index in [2.05, 4.69) is 10.5 Å². The Morgan fingerprint density at radius 3 is 3.25 bits per heavy atom. The predicted molar refractivity (Wildman–Crippen MR) is 45.6 cm³/mol. The zero-order valence-electron chi connectivity index (χ0n) is 6.92. The van der Waals surface area contributed by atoms with Gasteiger partial charge in [0.1, 0.15) is 0 Å². The van der Waals surface area contributed by atoms with Crippen molar-refractivity contribution < 1.29 is 4.52 Å². The number of anilines is 1. The molecule has 0 bridgehead atoms. The summed E-state index contributed by atoms with van der Waals surface area (Å²) in [4.78, 5) is 0. The Labute approximate surface area is 71.1 Å². The maximum atomic E-state index is 5.41. The van der Waals surface area contributed by atoms with Crippen LogP contribution in [0.1, 0.15) is 12.1 Å². The molecule has 3 N–H and O–H groups in total. The van der Waals surface area contributed by atoms with E-state index in [9.17, 15) is 0 Å². The van der Waals surface area contributed by atoms with E-state index in [0.29, 0.717) is 11.8 Å². The first-order chi connectivity index (χ1) is 5.84. The molecule has 1 fully saturated rings. The highest BCUT2D eigenvalue weighted by Crippen LogP contribution is 2.15. The van der Waals surface area contributed by atoms with Gasteiger partial charge in [-0.15, -0.1) is 0 Å². The summed E-state index contributed by atoms with van der Waals surface area (Å²) in [5, 5.41) is 7.16. The van der Waals surface area contributed by atoms with Gasteiger partial charge in [-0.1, -0.05) is 5.16 Å². The summed E-state index contributed by atoms with van der Waals surface area (Å²) in [5.74, 6) is 1.12. The lowest BCUT2D eigenvalue weighted by molar-refractivity contribution is 0.419. The molecule has 2 rings (SSSR count). The lowest BCUT2D eigenvalue weighted by atomic mass is 10.0. The minimum Gasteiger partial charge on any atom is -0.368 e. The van der Waals surface area contributed by atoms with Gasteiger partial charge in [-0.25, -0.2) is 0 Å². The van der Waals surface area contributed by atoms with Crippen LogP contribution in [0.3, 0.4) is 0 Å². The fourth-order valence-electron chi connectivity index (χ4n) is 1.61. The number of nitrogen functional groups attached to an aromatic ring is 1. The summed E-state index contributed by atoms with van der Waals surface area (Å²) in [6.45, 7) is 2.21. The first-order valence-corrected chi connectivity index (χ1v) is 4.26. The van der Waals surface area contributed by atoms with Gasteiger partial charge in [-0.2, -0.15) is 0 Å². The average Bonchev–Trinajstić information content (AvgIpc) is 2.63. The van der Waals surface area contributed by atoms with Gasteiger partial charge in [0.05, 0.1) is 5.69 Å². The highest BCUT2D eigenvalue weighted by Gasteiger charge is 2.16. The van der Waals surface area contributed by atoms with Crippen molar-refractivity contribution in [1.82, 2.24) is 10.5 Å². The normalized spacial score (nSPS) is 23.2. The zero-order valence-corrected chi connectivity index (χ0v) is 6.92. The SMILES string of the molecule is Nc1cc(CC2CCNC2)no1. The van der Waals surface area contributed by atoms with Gasteiger partial charge in [0.25, 0.3) is 0 Å². The second-order valence-electron chi connectivity index (χ2n) is 3.28. The van der Waals surface area contributed by atoms with Crippen LogP contribution in [0.15, 0.2) is 10.6 Å². The number of hydrogen-bond donors (Lipinski definition) is 2. The molecule has 0 aliphatic carbocycles. The second-order valence-corrected chi connectivity index (χ2v) is 3.28. The molecule has 2 heterocycles. The van der Waals surface area contributed by atoms with Crippen LogP contribution in [0.2, 0.25) is 0 Å². The van der Waals surface area contributed by atoms with Crippen LogP contribution in [-0.2, 0) is 6.42 Å². The van der Waals surface area contributed by atoms with Crippen molar-refractivity contribution >= 4 is 5.88 Å². The molecule has 0 spiro atoms. The quantitative estimate of drug-likeness (QED) is 0.669. The average molecular weight is 167 g/mol. The summed E-state index contributed by atoms with van der Waals surface area (Å²) in [5.41, 5.74) is 6.38. The molecule has 0 saturated carbocycles. The third-order valence-electron chi connectivity index (χ3n) is 2.24. The molecule has 12 heavy (non-hydrogen) atoms. The van der Waals surface area contributed by atoms with E-state index >= 15 is 0 Å². The van der Waals surface area contributed by atoms with Crippen molar-refractivity contribution in [2.45, 2.75) is 12.8 Å². The van der Waals surface area contributed by atoms with Crippen molar-refractivity contribution in [3.8, 4) is 0 Å². The Bertz CT molecular complexity index is 253. The molecule has 1 atom stereocenters. The number of nitrogens with zero attached hydrogens (tertiary/aromatic N) is 1. The van der Waals surface area contributed by atoms with Crippen molar-refractivity contribution in [3.05, 3.63) is 11.8 Å². The Hall–Kier alpha value is -1.03. The molecule has 1 aromatic heterocycles. The number of nitrogens with one attached hydrogen (secondary N) is 1. The van der Waals surface area contributed by atoms with Crippen molar-refractivity contribution in [1.29, 1.82) is 0 Å². The molecular formula is C8H13N3O. The van der Waals surface area contributed by atoms with Crippen molar-refractivity contribution in [2.24, 2.45) is 5.92 Å². The highest BCUT2D eigenvalue weighted by atomic mass is 16.5. The number of rotatable bonds is 2. The third kappa shape index (κ3) is 1.58. The summed E-state index contributed by atoms with van der Waals surface area (Å²) in [6.07, 6.45) is 2.21. The predicted octanol–water partition coefficient (Wildman–Crippen LogP) is 0.409. The topological polar surface area (TPSA) is 64.1 Å². The summed E-state index contributed by atoms with van der Waals surface area (Å²) >= 11 is 0. The number of hydrogen-bond acceptors (Lipinski definition) is 4. The molecule has 1 aromatic rings. The Balaban J connectivity index is 1.94. The molecule has 1 unspecified atom stereocenters. The fourth-order valence-corrected chi connectivity index (χ4v) is 1.61. The minimum absolute atomic E-state index is 0.413. The van der Waals surface area contributed by atoms with Gasteiger partial charge in [0.2, 0.25) is 5.88 Å². The van der Waals surface area contributed by atoms with Gasteiger partial charge in [-0.3, -0.25) is 0 Å². The highest BCUT2D eigenvalue weighted by molar-refractivity contribution is 5.24. The third-order valence-corrected chi connectivity index (χ3v) is 2.24. The van der Waals surface area contributed by atoms with Gasteiger partial charge in [0, 0.05) is 6.07 Å². The van der Waals surface area contributed by atoms with Crippen LogP contribution in [0.4, 0.5) is 5.88 Å². The molecule has 0 amide bonds. The Morgan fingerprint density at radius 1 is 1.75 bits per heavy atom. The van der Waals surface area contributed by atoms with Crippen LogP contribution in [-0.4, -0.2) is 18.2 Å². The minimum atomic E-state index is 0.413. The van der Waals surface area contributed by atoms with Gasteiger partial charge < -0.3 is 15.6 Å². The van der Waals surface area contributed by atoms with Crippen LogP contribution in [0.5, 0.6) is 0 Å². The largest absolute Gasteiger partial charge is 0.368 e. The van der Waals surface area contributed by atoms with E-state index in [1.807, 2.05) is 0 Å². The smallest absolute Gasteiger partial charge is 0.222 e. The first kappa shape index (κ1) is 7.61. The van der Waals surface area contributed by atoms with E-state index in [1.54, 1.807) is 6.07 Å². The molecule has 0 radical (unpaired) electrons. The van der Waals surface area contributed by atoms with Gasteiger partial charge >= 0.3 is 0 Å². The molecule has 0 aromatic carbocycles. The molecule has 4 nitrogen and oxygen atoms in total. The lowest BCUT2D eigenvalue weighted by Crippen LogP contribution is -2.10. The van der Waals surface area contributed by atoms with E-state index < -0.39 is 0 Å². The Morgan fingerprint density at radius 2 is 2.67 bits per heavy atom. The van der Waals surface area contributed by atoms with Crippen LogP contribution in [0.25, 0.3) is 0 Å². The molecule has 1 saturated heterocycles. The molecule has 66 valence electrons. The molecule has 4 heteroatoms. The maximum Gasteiger partial charge on any atom is 0.222 e. The molecule has 1 aliphatic rings. The van der Waals surface area contributed by atoms with E-state index in [1.165, 1.54) is 6.42 Å². The Kier molecular flexibility index (Phi) is 1.99. The summed E-state index contributed by atoms with van der Waals surface area (Å²) in [7, 11) is 0. The maximum absolute atomic E-state index is 5.41. The van der Waals surface area contributed by atoms with Crippen LogP contribution < -0.4 is 11.1 Å². The monoisotopic (exact) mass is 167 g/mol. The zero-order chi connectivity index (χ0) is 8.39. The van der Waals surface area contributed by atoms with Crippen molar-refractivity contribution in [2.75, 3.05) is 18.8 Å². The standard InChI is InChI=1S/C8H13N3O/c9-8-4-7(11-12-8)3-6-1-2-10-5-6/h4,6,10H,1-3,5,9H2. The fraction of sp³-hybridized carbons (Fsp3) is 0.625. The molecular weight excluding hydrogens is 154 g/mol. The second kappa shape index (κ2) is 3.15. The molecule has 1 aliphatic heterocycles. The van der Waals surface area contributed by atoms with E-state index in [-0.39, 0.29) is 0 Å². The van der Waals surface area contributed by atoms with Crippen LogP contribution >= 0.6 is 0 Å². The first-order valence-electron chi connectivity index (χ1n) is 4.26. The van der Waals surface area contributed by atoms with Gasteiger partial charge in [0.15, 0.2) is 0 Å². The van der Waals surface area contributed by atoms with E-state index in [4.69, 9.17) is 10.3 Å². The van der Waals surface area contributed by atoms with Crippen LogP contribution in [0, 0.1) is 5.92 Å². The summed E-state index contributed by atoms with van der Waals surface area (Å²) in [6, 6.07) is 1.80. The number of nitrogens with two attached hydrogens (primary N) is 1. The van der Waals surface area contributed by atoms with Crippen molar-refractivity contribution in [3.63, 3.8) is 0 Å². The summed E-state index contributed by atoms with van der Waals surface area (Å²) < 4.78 is 4.78. The van der Waals surface area contributed by atoms with E-state index in [0.717, 1.165) is 25.2 Å². The number of aromatic nitrogens is 1. The lowest BCUT2D eigenvalue weighted by Gasteiger charge is -2.02. The van der Waals surface area contributed by atoms with Gasteiger partial charge in [-0.05, 0) is 31.8 Å².